The Morgan fingerprint density at radius 3 is 2.61 bits per heavy atom. The standard InChI is InChI=1S/C21H18ClF2N3O/c1-12-2-4-13(5-3-12)20-25-18-11-27(9-8-14(18)21(28)26-20)10-15-16(23)6-7-17(24)19(15)22/h2-7H,8-11H2,1H3,(H,25,26,28). The van der Waals surface area contributed by atoms with Gasteiger partial charge in [0.1, 0.15) is 17.5 Å². The van der Waals surface area contributed by atoms with E-state index < -0.39 is 11.6 Å². The predicted octanol–water partition coefficient (Wildman–Crippen LogP) is 4.24. The van der Waals surface area contributed by atoms with Crippen molar-refractivity contribution in [3.8, 4) is 11.4 Å². The number of fused-ring (bicyclic) bond motifs is 1. The molecule has 0 amide bonds. The second-order valence-corrected chi connectivity index (χ2v) is 7.37. The molecule has 1 aliphatic heterocycles. The summed E-state index contributed by atoms with van der Waals surface area (Å²) >= 11 is 5.95. The molecule has 28 heavy (non-hydrogen) atoms. The molecule has 1 aliphatic rings. The number of nitrogens with zero attached hydrogens (tertiary/aromatic N) is 2. The second kappa shape index (κ2) is 7.45. The number of aryl methyl sites for hydroxylation is 1. The van der Waals surface area contributed by atoms with E-state index in [-0.39, 0.29) is 22.7 Å². The van der Waals surface area contributed by atoms with Gasteiger partial charge < -0.3 is 4.98 Å². The highest BCUT2D eigenvalue weighted by Gasteiger charge is 2.23. The lowest BCUT2D eigenvalue weighted by molar-refractivity contribution is 0.237. The Morgan fingerprint density at radius 1 is 1.14 bits per heavy atom. The molecule has 0 radical (unpaired) electrons. The van der Waals surface area contributed by atoms with Crippen LogP contribution in [0.3, 0.4) is 0 Å². The molecule has 1 N–H and O–H groups in total. The molecule has 4 rings (SSSR count). The number of aromatic nitrogens is 2. The summed E-state index contributed by atoms with van der Waals surface area (Å²) in [7, 11) is 0. The molecule has 0 bridgehead atoms. The fraction of sp³-hybridized carbons (Fsp3) is 0.238. The molecule has 0 spiro atoms. The average Bonchev–Trinajstić information content (AvgIpc) is 2.68. The van der Waals surface area contributed by atoms with Crippen molar-refractivity contribution in [1.82, 2.24) is 14.9 Å². The van der Waals surface area contributed by atoms with E-state index in [1.807, 2.05) is 36.1 Å². The molecular weight excluding hydrogens is 384 g/mol. The average molecular weight is 402 g/mol. The van der Waals surface area contributed by atoms with Gasteiger partial charge in [0.05, 0.1) is 10.7 Å². The van der Waals surface area contributed by atoms with E-state index in [1.165, 1.54) is 0 Å². The smallest absolute Gasteiger partial charge is 0.254 e. The highest BCUT2D eigenvalue weighted by Crippen LogP contribution is 2.26. The molecule has 7 heteroatoms. The summed E-state index contributed by atoms with van der Waals surface area (Å²) in [6.45, 7) is 3.04. The Bertz CT molecular complexity index is 1100. The lowest BCUT2D eigenvalue weighted by Gasteiger charge is -2.28. The van der Waals surface area contributed by atoms with E-state index in [9.17, 15) is 13.6 Å². The van der Waals surface area contributed by atoms with E-state index in [0.717, 1.165) is 23.3 Å². The molecule has 144 valence electrons. The van der Waals surface area contributed by atoms with E-state index >= 15 is 0 Å². The van der Waals surface area contributed by atoms with Gasteiger partial charge in [0, 0.05) is 36.3 Å². The first kappa shape index (κ1) is 18.8. The predicted molar refractivity (Wildman–Crippen MR) is 104 cm³/mol. The van der Waals surface area contributed by atoms with Crippen LogP contribution in [0.5, 0.6) is 0 Å². The van der Waals surface area contributed by atoms with Crippen LogP contribution < -0.4 is 5.56 Å². The van der Waals surface area contributed by atoms with Crippen LogP contribution in [0.4, 0.5) is 8.78 Å². The van der Waals surface area contributed by atoms with E-state index in [1.54, 1.807) is 0 Å². The number of aromatic amines is 1. The summed E-state index contributed by atoms with van der Waals surface area (Å²) in [4.78, 5) is 21.9. The molecule has 2 heterocycles. The minimum atomic E-state index is -0.647. The molecule has 0 aliphatic carbocycles. The first-order valence-corrected chi connectivity index (χ1v) is 9.34. The van der Waals surface area contributed by atoms with Gasteiger partial charge in [0.15, 0.2) is 0 Å². The van der Waals surface area contributed by atoms with Crippen LogP contribution in [-0.2, 0) is 19.5 Å². The van der Waals surface area contributed by atoms with Crippen molar-refractivity contribution in [2.75, 3.05) is 6.54 Å². The van der Waals surface area contributed by atoms with Crippen LogP contribution in [0.2, 0.25) is 5.02 Å². The molecule has 4 nitrogen and oxygen atoms in total. The molecule has 3 aromatic rings. The van der Waals surface area contributed by atoms with Crippen LogP contribution >= 0.6 is 11.6 Å². The number of hydrogen-bond acceptors (Lipinski definition) is 3. The Hall–Kier alpha value is -2.57. The lowest BCUT2D eigenvalue weighted by atomic mass is 10.0. The van der Waals surface area contributed by atoms with Gasteiger partial charge in [-0.1, -0.05) is 41.4 Å². The number of benzene rings is 2. The summed E-state index contributed by atoms with van der Waals surface area (Å²) in [5.41, 5.74) is 3.19. The molecule has 0 saturated heterocycles. The first-order chi connectivity index (χ1) is 13.4. The summed E-state index contributed by atoms with van der Waals surface area (Å²) in [5.74, 6) is -0.691. The highest BCUT2D eigenvalue weighted by molar-refractivity contribution is 6.31. The Morgan fingerprint density at radius 2 is 1.86 bits per heavy atom. The number of halogens is 3. The van der Waals surface area contributed by atoms with E-state index in [2.05, 4.69) is 9.97 Å². The SMILES string of the molecule is Cc1ccc(-c2nc3c(c(=O)[nH]2)CCN(Cc2c(F)ccc(F)c2Cl)C3)cc1. The maximum atomic E-state index is 14.1. The van der Waals surface area contributed by atoms with E-state index in [4.69, 9.17) is 11.6 Å². The zero-order valence-corrected chi connectivity index (χ0v) is 16.0. The van der Waals surface area contributed by atoms with Crippen molar-refractivity contribution in [2.24, 2.45) is 0 Å². The Labute approximate surface area is 165 Å². The third-order valence-electron chi connectivity index (χ3n) is 5.00. The molecule has 2 aromatic carbocycles. The molecule has 0 saturated carbocycles. The summed E-state index contributed by atoms with van der Waals surface area (Å²) in [6, 6.07) is 9.81. The maximum absolute atomic E-state index is 14.1. The monoisotopic (exact) mass is 401 g/mol. The maximum Gasteiger partial charge on any atom is 0.254 e. The van der Waals surface area contributed by atoms with Crippen LogP contribution in [0.1, 0.15) is 22.4 Å². The Kier molecular flexibility index (Phi) is 5.00. The summed E-state index contributed by atoms with van der Waals surface area (Å²) < 4.78 is 27.8. The van der Waals surface area contributed by atoms with Crippen molar-refractivity contribution >= 4 is 11.6 Å². The molecule has 1 aromatic heterocycles. The zero-order chi connectivity index (χ0) is 19.8. The molecule has 0 unspecified atom stereocenters. The first-order valence-electron chi connectivity index (χ1n) is 8.96. The van der Waals surface area contributed by atoms with Crippen molar-refractivity contribution in [2.45, 2.75) is 26.4 Å². The van der Waals surface area contributed by atoms with Gasteiger partial charge in [-0.05, 0) is 25.5 Å². The van der Waals surface area contributed by atoms with Crippen molar-refractivity contribution in [3.63, 3.8) is 0 Å². The number of rotatable bonds is 3. The van der Waals surface area contributed by atoms with Crippen molar-refractivity contribution in [3.05, 3.63) is 85.8 Å². The zero-order valence-electron chi connectivity index (χ0n) is 15.2. The summed E-state index contributed by atoms with van der Waals surface area (Å²) in [5, 5.41) is -0.204. The van der Waals surface area contributed by atoms with Crippen LogP contribution in [0, 0.1) is 18.6 Å². The van der Waals surface area contributed by atoms with Gasteiger partial charge in [-0.25, -0.2) is 13.8 Å². The van der Waals surface area contributed by atoms with Crippen molar-refractivity contribution < 1.29 is 8.78 Å². The third kappa shape index (κ3) is 3.57. The normalized spacial score (nSPS) is 14.1. The van der Waals surface area contributed by atoms with Gasteiger partial charge in [0.2, 0.25) is 0 Å². The van der Waals surface area contributed by atoms with Gasteiger partial charge in [-0.3, -0.25) is 9.69 Å². The number of nitrogens with one attached hydrogen (secondary N) is 1. The topological polar surface area (TPSA) is 49.0 Å². The van der Waals surface area contributed by atoms with Gasteiger partial charge in [-0.15, -0.1) is 0 Å². The fourth-order valence-electron chi connectivity index (χ4n) is 3.41. The quantitative estimate of drug-likeness (QED) is 0.668. The third-order valence-corrected chi connectivity index (χ3v) is 5.41. The van der Waals surface area contributed by atoms with Crippen molar-refractivity contribution in [1.29, 1.82) is 0 Å². The minimum Gasteiger partial charge on any atom is -0.306 e. The summed E-state index contributed by atoms with van der Waals surface area (Å²) in [6.07, 6.45) is 0.487. The second-order valence-electron chi connectivity index (χ2n) is 6.99. The van der Waals surface area contributed by atoms with E-state index in [0.29, 0.717) is 36.6 Å². The minimum absolute atomic E-state index is 0.119. The number of hydrogen-bond donors (Lipinski definition) is 1. The molecule has 0 atom stereocenters. The van der Waals surface area contributed by atoms with Gasteiger partial charge in [-0.2, -0.15) is 0 Å². The highest BCUT2D eigenvalue weighted by atomic mass is 35.5. The Balaban J connectivity index is 1.64. The van der Waals surface area contributed by atoms with Gasteiger partial charge >= 0.3 is 0 Å². The van der Waals surface area contributed by atoms with Crippen LogP contribution in [0.25, 0.3) is 11.4 Å². The lowest BCUT2D eigenvalue weighted by Crippen LogP contribution is -2.35. The molecular formula is C21H18ClF2N3O. The van der Waals surface area contributed by atoms with Gasteiger partial charge in [0.25, 0.3) is 5.56 Å². The van der Waals surface area contributed by atoms with Crippen LogP contribution in [-0.4, -0.2) is 21.4 Å². The number of H-pyrrole nitrogens is 1. The fourth-order valence-corrected chi connectivity index (χ4v) is 3.63. The largest absolute Gasteiger partial charge is 0.306 e. The molecule has 0 fully saturated rings. The van der Waals surface area contributed by atoms with Crippen LogP contribution in [0.15, 0.2) is 41.2 Å².